The van der Waals surface area contributed by atoms with Gasteiger partial charge in [0.1, 0.15) is 18.1 Å². The first-order valence-electron chi connectivity index (χ1n) is 11.3. The Labute approximate surface area is 188 Å². The Morgan fingerprint density at radius 3 is 2.22 bits per heavy atom. The highest BCUT2D eigenvalue weighted by atomic mass is 31.2. The smallest absolute Gasteiger partial charge is 0.490 e. The summed E-state index contributed by atoms with van der Waals surface area (Å²) >= 11 is 0. The minimum atomic E-state index is -4.64. The summed E-state index contributed by atoms with van der Waals surface area (Å²) in [6, 6.07) is 16.2. The van der Waals surface area contributed by atoms with Gasteiger partial charge in [-0.3, -0.25) is 9.79 Å². The Balaban J connectivity index is 1.36. The fourth-order valence-corrected chi connectivity index (χ4v) is 6.28. The maximum absolute atomic E-state index is 11.3. The number of allylic oxidation sites excluding steroid dienone is 1. The predicted octanol–water partition coefficient (Wildman–Crippen LogP) is 5.63. The second-order valence-electron chi connectivity index (χ2n) is 9.33. The van der Waals surface area contributed by atoms with Crippen molar-refractivity contribution in [3.63, 3.8) is 0 Å². The van der Waals surface area contributed by atoms with E-state index in [2.05, 4.69) is 0 Å². The van der Waals surface area contributed by atoms with Crippen LogP contribution in [0.3, 0.4) is 0 Å². The van der Waals surface area contributed by atoms with Crippen LogP contribution in [-0.4, -0.2) is 16.4 Å². The van der Waals surface area contributed by atoms with Crippen LogP contribution in [-0.2, 0) is 9.30 Å². The Hall–Kier alpha value is -2.27. The van der Waals surface area contributed by atoms with Gasteiger partial charge in [0, 0.05) is 0 Å². The van der Waals surface area contributed by atoms with Gasteiger partial charge in [0.2, 0.25) is 0 Å². The number of phosphoric ester groups is 1. The third kappa shape index (κ3) is 5.03. The summed E-state index contributed by atoms with van der Waals surface area (Å²) in [5.41, 5.74) is 2.18. The lowest BCUT2D eigenvalue weighted by atomic mass is 9.54. The topological polar surface area (TPSA) is 85.2 Å². The van der Waals surface area contributed by atoms with Crippen molar-refractivity contribution >= 4 is 7.82 Å². The molecule has 0 amide bonds. The quantitative estimate of drug-likeness (QED) is 0.395. The van der Waals surface area contributed by atoms with Crippen LogP contribution in [0.5, 0.6) is 11.5 Å². The summed E-state index contributed by atoms with van der Waals surface area (Å²) in [6.07, 6.45) is 8.04. The molecular weight excluding hydrogens is 427 g/mol. The zero-order chi connectivity index (χ0) is 22.1. The Kier molecular flexibility index (Phi) is 6.02. The lowest BCUT2D eigenvalue weighted by Gasteiger charge is -2.51. The Bertz CT molecular complexity index is 984. The van der Waals surface area contributed by atoms with Gasteiger partial charge in [-0.15, -0.1) is 0 Å². The van der Waals surface area contributed by atoms with E-state index in [9.17, 15) is 4.57 Å². The van der Waals surface area contributed by atoms with E-state index in [4.69, 9.17) is 23.8 Å². The van der Waals surface area contributed by atoms with E-state index in [1.807, 2.05) is 42.7 Å². The molecule has 1 unspecified atom stereocenters. The van der Waals surface area contributed by atoms with Gasteiger partial charge in [-0.05, 0) is 91.2 Å². The monoisotopic (exact) mass is 456 g/mol. The maximum atomic E-state index is 11.3. The third-order valence-corrected chi connectivity index (χ3v) is 7.50. The molecule has 170 valence electrons. The van der Waals surface area contributed by atoms with E-state index >= 15 is 0 Å². The number of phosphoric acid groups is 1. The number of para-hydroxylation sites is 1. The average molecular weight is 456 g/mol. The number of hydrogen-bond donors (Lipinski definition) is 2. The molecule has 0 saturated heterocycles. The van der Waals surface area contributed by atoms with Crippen LogP contribution in [0.4, 0.5) is 0 Å². The molecule has 4 saturated carbocycles. The molecule has 2 aromatic carbocycles. The molecule has 6 nitrogen and oxygen atoms in total. The molecule has 1 atom stereocenters. The molecule has 4 bridgehead atoms. The van der Waals surface area contributed by atoms with Crippen LogP contribution in [0.1, 0.15) is 43.8 Å². The van der Waals surface area contributed by atoms with Crippen molar-refractivity contribution in [1.82, 2.24) is 0 Å². The van der Waals surface area contributed by atoms with Crippen molar-refractivity contribution in [2.24, 2.45) is 23.7 Å². The highest BCUT2D eigenvalue weighted by Crippen LogP contribution is 2.56. The highest BCUT2D eigenvalue weighted by Gasteiger charge is 2.45. The number of rotatable bonds is 8. The zero-order valence-corrected chi connectivity index (χ0v) is 18.8. The molecule has 4 aliphatic carbocycles. The van der Waals surface area contributed by atoms with Crippen molar-refractivity contribution in [2.75, 3.05) is 6.61 Å². The molecule has 0 aliphatic heterocycles. The molecule has 2 aromatic rings. The second kappa shape index (κ2) is 8.93. The van der Waals surface area contributed by atoms with E-state index in [-0.39, 0.29) is 12.4 Å². The first kappa shape index (κ1) is 21.6. The SMILES string of the molecule is O=P(O)(O)Oc1cccc(C(COc2ccccc2)OC=C2C3CC4CC(C3)CC2C4)c1. The van der Waals surface area contributed by atoms with Gasteiger partial charge in [-0.1, -0.05) is 30.3 Å². The molecule has 0 aromatic heterocycles. The average Bonchev–Trinajstić information content (AvgIpc) is 2.74. The van der Waals surface area contributed by atoms with Crippen molar-refractivity contribution in [2.45, 2.75) is 38.2 Å². The molecule has 2 N–H and O–H groups in total. The molecule has 0 spiro atoms. The molecule has 32 heavy (non-hydrogen) atoms. The Morgan fingerprint density at radius 2 is 1.56 bits per heavy atom. The summed E-state index contributed by atoms with van der Waals surface area (Å²) in [6.45, 7) is 0.272. The number of hydrogen-bond acceptors (Lipinski definition) is 4. The summed E-state index contributed by atoms with van der Waals surface area (Å²) in [5, 5.41) is 0. The normalized spacial score (nSPS) is 27.1. The molecule has 7 heteroatoms. The van der Waals surface area contributed by atoms with Crippen molar-refractivity contribution in [3.8, 4) is 11.5 Å². The van der Waals surface area contributed by atoms with Gasteiger partial charge >= 0.3 is 7.82 Å². The zero-order valence-electron chi connectivity index (χ0n) is 17.9. The fraction of sp³-hybridized carbons (Fsp3) is 0.440. The van der Waals surface area contributed by atoms with Gasteiger partial charge < -0.3 is 14.0 Å². The Morgan fingerprint density at radius 1 is 0.906 bits per heavy atom. The molecule has 0 radical (unpaired) electrons. The van der Waals surface area contributed by atoms with Crippen LogP contribution in [0.2, 0.25) is 0 Å². The van der Waals surface area contributed by atoms with Crippen LogP contribution in [0.25, 0.3) is 0 Å². The van der Waals surface area contributed by atoms with Crippen LogP contribution < -0.4 is 9.26 Å². The van der Waals surface area contributed by atoms with E-state index in [0.717, 1.165) is 23.1 Å². The number of ether oxygens (including phenoxy) is 2. The first-order valence-corrected chi connectivity index (χ1v) is 12.8. The largest absolute Gasteiger partial charge is 0.524 e. The van der Waals surface area contributed by atoms with Gasteiger partial charge in [0.25, 0.3) is 0 Å². The van der Waals surface area contributed by atoms with E-state index < -0.39 is 13.9 Å². The summed E-state index contributed by atoms with van der Waals surface area (Å²) < 4.78 is 28.4. The molecule has 0 heterocycles. The first-order chi connectivity index (χ1) is 15.4. The lowest BCUT2D eigenvalue weighted by molar-refractivity contribution is 0.0498. The van der Waals surface area contributed by atoms with E-state index in [1.165, 1.54) is 43.7 Å². The van der Waals surface area contributed by atoms with Crippen LogP contribution in [0.15, 0.2) is 66.4 Å². The van der Waals surface area contributed by atoms with Gasteiger partial charge in [-0.25, -0.2) is 4.57 Å². The molecular formula is C25H29O6P. The second-order valence-corrected chi connectivity index (χ2v) is 10.5. The summed E-state index contributed by atoms with van der Waals surface area (Å²) in [5.74, 6) is 3.87. The molecule has 4 fully saturated rings. The standard InChI is InChI=1S/C25H29O6P/c26-32(27,28)31-23-8-4-5-19(14-23)25(16-29-22-6-2-1-3-7-22)30-15-24-20-10-17-9-18(12-20)13-21(24)11-17/h1-8,14-15,17-18,20-21,25H,9-13,16H2,(H2,26,27,28). The van der Waals surface area contributed by atoms with Crippen molar-refractivity contribution in [3.05, 3.63) is 72.0 Å². The summed E-state index contributed by atoms with van der Waals surface area (Å²) in [4.78, 5) is 18.3. The van der Waals surface area contributed by atoms with Crippen LogP contribution >= 0.6 is 7.82 Å². The van der Waals surface area contributed by atoms with Crippen LogP contribution in [0, 0.1) is 23.7 Å². The minimum absolute atomic E-state index is 0.103. The van der Waals surface area contributed by atoms with Crippen molar-refractivity contribution in [1.29, 1.82) is 0 Å². The molecule has 4 aliphatic rings. The van der Waals surface area contributed by atoms with Gasteiger partial charge in [0.15, 0.2) is 6.10 Å². The fourth-order valence-electron chi connectivity index (χ4n) is 5.89. The van der Waals surface area contributed by atoms with E-state index in [1.54, 1.807) is 12.1 Å². The van der Waals surface area contributed by atoms with Crippen molar-refractivity contribution < 1.29 is 28.3 Å². The highest BCUT2D eigenvalue weighted by molar-refractivity contribution is 7.46. The van der Waals surface area contributed by atoms with Gasteiger partial charge in [-0.2, -0.15) is 0 Å². The summed E-state index contributed by atoms with van der Waals surface area (Å²) in [7, 11) is -4.64. The van der Waals surface area contributed by atoms with E-state index in [0.29, 0.717) is 11.8 Å². The maximum Gasteiger partial charge on any atom is 0.524 e. The lowest BCUT2D eigenvalue weighted by Crippen LogP contribution is -2.40. The minimum Gasteiger partial charge on any atom is -0.490 e. The van der Waals surface area contributed by atoms with Gasteiger partial charge in [0.05, 0.1) is 6.26 Å². The number of benzene rings is 2. The third-order valence-electron chi connectivity index (χ3n) is 7.05. The molecule has 6 rings (SSSR count). The predicted molar refractivity (Wildman–Crippen MR) is 120 cm³/mol.